The van der Waals surface area contributed by atoms with E-state index in [-0.39, 0.29) is 24.3 Å². The zero-order chi connectivity index (χ0) is 13.1. The molecule has 18 heavy (non-hydrogen) atoms. The van der Waals surface area contributed by atoms with Gasteiger partial charge in [0.2, 0.25) is 11.8 Å². The van der Waals surface area contributed by atoms with Crippen molar-refractivity contribution in [1.29, 1.82) is 0 Å². The van der Waals surface area contributed by atoms with Gasteiger partial charge in [-0.05, 0) is 25.1 Å². The first kappa shape index (κ1) is 12.8. The molecule has 5 heteroatoms. The van der Waals surface area contributed by atoms with E-state index in [1.807, 2.05) is 26.1 Å². The van der Waals surface area contributed by atoms with E-state index in [2.05, 4.69) is 5.32 Å². The van der Waals surface area contributed by atoms with E-state index in [0.717, 1.165) is 5.76 Å². The van der Waals surface area contributed by atoms with Crippen LogP contribution in [0.4, 0.5) is 0 Å². The van der Waals surface area contributed by atoms with E-state index in [1.54, 1.807) is 0 Å². The van der Waals surface area contributed by atoms with E-state index in [4.69, 9.17) is 4.42 Å². The minimum Gasteiger partial charge on any atom is -0.463 e. The van der Waals surface area contributed by atoms with Gasteiger partial charge in [0.15, 0.2) is 0 Å². The van der Waals surface area contributed by atoms with Crippen molar-refractivity contribution in [2.24, 2.45) is 5.92 Å². The number of nitrogens with zero attached hydrogens (tertiary/aromatic N) is 1. The Morgan fingerprint density at radius 3 is 2.50 bits per heavy atom. The Labute approximate surface area is 106 Å². The Hall–Kier alpha value is -1.62. The van der Waals surface area contributed by atoms with E-state index < -0.39 is 0 Å². The molecule has 0 aliphatic carbocycles. The Morgan fingerprint density at radius 2 is 1.89 bits per heavy atom. The largest absolute Gasteiger partial charge is 0.463 e. The fourth-order valence-corrected chi connectivity index (χ4v) is 2.14. The van der Waals surface area contributed by atoms with Crippen LogP contribution in [0.2, 0.25) is 0 Å². The highest BCUT2D eigenvalue weighted by atomic mass is 16.3. The Balaban J connectivity index is 2.03. The van der Waals surface area contributed by atoms with Gasteiger partial charge in [-0.1, -0.05) is 6.92 Å². The van der Waals surface area contributed by atoms with Gasteiger partial charge in [-0.25, -0.2) is 0 Å². The first-order valence-electron chi connectivity index (χ1n) is 6.15. The zero-order valence-electron chi connectivity index (χ0n) is 10.7. The predicted molar refractivity (Wildman–Crippen MR) is 65.4 cm³/mol. The highest BCUT2D eigenvalue weighted by Gasteiger charge is 2.30. The third-order valence-corrected chi connectivity index (χ3v) is 3.03. The molecule has 2 rings (SSSR count). The molecule has 2 heterocycles. The number of carbonyl (C=O) groups excluding carboxylic acids is 2. The Morgan fingerprint density at radius 1 is 1.28 bits per heavy atom. The summed E-state index contributed by atoms with van der Waals surface area (Å²) in [6.07, 6.45) is 0.881. The molecule has 0 bridgehead atoms. The van der Waals surface area contributed by atoms with Crippen LogP contribution in [0, 0.1) is 5.92 Å². The number of imide groups is 1. The van der Waals surface area contributed by atoms with Crippen LogP contribution in [-0.2, 0) is 22.7 Å². The summed E-state index contributed by atoms with van der Waals surface area (Å²) in [5, 5.41) is 2.98. The van der Waals surface area contributed by atoms with Gasteiger partial charge in [-0.3, -0.25) is 14.5 Å². The predicted octanol–water partition coefficient (Wildman–Crippen LogP) is 1.28. The van der Waals surface area contributed by atoms with Crippen LogP contribution < -0.4 is 5.32 Å². The number of amides is 2. The van der Waals surface area contributed by atoms with E-state index in [0.29, 0.717) is 25.1 Å². The summed E-state index contributed by atoms with van der Waals surface area (Å²) < 4.78 is 5.54. The molecule has 1 fully saturated rings. The quantitative estimate of drug-likeness (QED) is 0.818. The summed E-state index contributed by atoms with van der Waals surface area (Å²) in [4.78, 5) is 24.9. The van der Waals surface area contributed by atoms with Crippen LogP contribution in [0.25, 0.3) is 0 Å². The van der Waals surface area contributed by atoms with Crippen LogP contribution in [0.5, 0.6) is 0 Å². The smallest absolute Gasteiger partial charge is 0.229 e. The zero-order valence-corrected chi connectivity index (χ0v) is 10.7. The molecule has 1 aromatic heterocycles. The van der Waals surface area contributed by atoms with Gasteiger partial charge in [0.25, 0.3) is 0 Å². The van der Waals surface area contributed by atoms with Crippen molar-refractivity contribution in [3.8, 4) is 0 Å². The lowest BCUT2D eigenvalue weighted by molar-refractivity contribution is -0.150. The Bertz CT molecular complexity index is 435. The molecule has 1 saturated heterocycles. The van der Waals surface area contributed by atoms with Gasteiger partial charge in [0, 0.05) is 12.8 Å². The van der Waals surface area contributed by atoms with Crippen molar-refractivity contribution >= 4 is 11.8 Å². The summed E-state index contributed by atoms with van der Waals surface area (Å²) in [6.45, 7) is 2.80. The lowest BCUT2D eigenvalue weighted by Gasteiger charge is -2.27. The maximum absolute atomic E-state index is 11.8. The fraction of sp³-hybridized carbons (Fsp3) is 0.538. The first-order valence-corrected chi connectivity index (χ1v) is 6.15. The highest BCUT2D eigenvalue weighted by Crippen LogP contribution is 2.21. The van der Waals surface area contributed by atoms with Crippen molar-refractivity contribution < 1.29 is 14.0 Å². The van der Waals surface area contributed by atoms with Crippen molar-refractivity contribution in [3.05, 3.63) is 23.7 Å². The van der Waals surface area contributed by atoms with Crippen LogP contribution in [0.3, 0.4) is 0 Å². The van der Waals surface area contributed by atoms with Crippen LogP contribution in [-0.4, -0.2) is 23.8 Å². The van der Waals surface area contributed by atoms with Gasteiger partial charge in [0.1, 0.15) is 11.5 Å². The highest BCUT2D eigenvalue weighted by molar-refractivity contribution is 5.97. The molecule has 0 aromatic carbocycles. The lowest BCUT2D eigenvalue weighted by Crippen LogP contribution is -2.42. The lowest BCUT2D eigenvalue weighted by atomic mass is 9.98. The average Bonchev–Trinajstić information content (AvgIpc) is 2.72. The van der Waals surface area contributed by atoms with Crippen LogP contribution >= 0.6 is 0 Å². The molecular formula is C13H18N2O3. The second-order valence-electron chi connectivity index (χ2n) is 4.79. The standard InChI is InChI=1S/C13H18N2O3/c1-9-5-12(16)15(13(17)6-9)8-11-4-3-10(18-11)7-14-2/h3-4,9,14H,5-8H2,1-2H3. The molecule has 0 radical (unpaired) electrons. The first-order chi connectivity index (χ1) is 8.60. The fourth-order valence-electron chi connectivity index (χ4n) is 2.14. The van der Waals surface area contributed by atoms with Gasteiger partial charge in [-0.15, -0.1) is 0 Å². The maximum atomic E-state index is 11.8. The molecular weight excluding hydrogens is 232 g/mol. The second kappa shape index (κ2) is 5.35. The van der Waals surface area contributed by atoms with Crippen molar-refractivity contribution in [2.75, 3.05) is 7.05 Å². The van der Waals surface area contributed by atoms with Gasteiger partial charge >= 0.3 is 0 Å². The van der Waals surface area contributed by atoms with Gasteiger partial charge < -0.3 is 9.73 Å². The summed E-state index contributed by atoms with van der Waals surface area (Å²) in [5.74, 6) is 1.39. The number of hydrogen-bond donors (Lipinski definition) is 1. The minimum atomic E-state index is -0.106. The minimum absolute atomic E-state index is 0.106. The molecule has 0 spiro atoms. The van der Waals surface area contributed by atoms with Crippen molar-refractivity contribution in [1.82, 2.24) is 10.2 Å². The number of furan rings is 1. The number of rotatable bonds is 4. The molecule has 1 aromatic rings. The third-order valence-electron chi connectivity index (χ3n) is 3.03. The molecule has 1 aliphatic rings. The normalized spacial score (nSPS) is 17.6. The second-order valence-corrected chi connectivity index (χ2v) is 4.79. The molecule has 98 valence electrons. The van der Waals surface area contributed by atoms with E-state index >= 15 is 0 Å². The molecule has 1 aliphatic heterocycles. The third kappa shape index (κ3) is 2.79. The number of hydrogen-bond acceptors (Lipinski definition) is 4. The summed E-state index contributed by atoms with van der Waals surface area (Å²) in [6, 6.07) is 3.67. The van der Waals surface area contributed by atoms with E-state index in [9.17, 15) is 9.59 Å². The molecule has 0 unspecified atom stereocenters. The molecule has 0 saturated carbocycles. The van der Waals surface area contributed by atoms with Crippen LogP contribution in [0.1, 0.15) is 31.3 Å². The molecule has 5 nitrogen and oxygen atoms in total. The van der Waals surface area contributed by atoms with Gasteiger partial charge in [-0.2, -0.15) is 0 Å². The van der Waals surface area contributed by atoms with Crippen molar-refractivity contribution in [2.45, 2.75) is 32.9 Å². The number of nitrogens with one attached hydrogen (secondary N) is 1. The Kier molecular flexibility index (Phi) is 3.81. The number of piperidine rings is 1. The average molecular weight is 250 g/mol. The monoisotopic (exact) mass is 250 g/mol. The summed E-state index contributed by atoms with van der Waals surface area (Å²) in [7, 11) is 1.83. The van der Waals surface area contributed by atoms with Gasteiger partial charge in [0.05, 0.1) is 13.1 Å². The molecule has 2 amide bonds. The maximum Gasteiger partial charge on any atom is 0.229 e. The summed E-state index contributed by atoms with van der Waals surface area (Å²) >= 11 is 0. The van der Waals surface area contributed by atoms with Crippen LogP contribution in [0.15, 0.2) is 16.5 Å². The van der Waals surface area contributed by atoms with E-state index in [1.165, 1.54) is 4.90 Å². The molecule has 1 N–H and O–H groups in total. The summed E-state index contributed by atoms with van der Waals surface area (Å²) in [5.41, 5.74) is 0. The number of carbonyl (C=O) groups is 2. The van der Waals surface area contributed by atoms with Crippen molar-refractivity contribution in [3.63, 3.8) is 0 Å². The molecule has 0 atom stereocenters. The SMILES string of the molecule is CNCc1ccc(CN2C(=O)CC(C)CC2=O)o1. The topological polar surface area (TPSA) is 62.6 Å². The number of likely N-dealkylation sites (tertiary alicyclic amines) is 1.